The van der Waals surface area contributed by atoms with Crippen LogP contribution in [0.4, 0.5) is 10.1 Å². The highest BCUT2D eigenvalue weighted by atomic mass is 19.1. The van der Waals surface area contributed by atoms with E-state index in [1.165, 1.54) is 26.0 Å². The van der Waals surface area contributed by atoms with E-state index >= 15 is 0 Å². The number of halogens is 1. The zero-order chi connectivity index (χ0) is 17.5. The molecule has 5 nitrogen and oxygen atoms in total. The van der Waals surface area contributed by atoms with Crippen molar-refractivity contribution in [3.05, 3.63) is 34.6 Å². The van der Waals surface area contributed by atoms with Gasteiger partial charge in [-0.25, -0.2) is 14.0 Å². The maximum absolute atomic E-state index is 14.5. The van der Waals surface area contributed by atoms with Crippen LogP contribution >= 0.6 is 0 Å². The first-order valence-electron chi connectivity index (χ1n) is 8.00. The van der Waals surface area contributed by atoms with E-state index < -0.39 is 17.7 Å². The number of esters is 2. The second kappa shape index (κ2) is 5.92. The molecule has 2 heterocycles. The van der Waals surface area contributed by atoms with Gasteiger partial charge in [0.2, 0.25) is 0 Å². The Morgan fingerprint density at radius 1 is 1.12 bits per heavy atom. The van der Waals surface area contributed by atoms with Gasteiger partial charge in [0, 0.05) is 26.9 Å². The lowest BCUT2D eigenvalue weighted by atomic mass is 10.0. The third-order valence-electron chi connectivity index (χ3n) is 4.20. The topological polar surface area (TPSA) is 55.8 Å². The predicted octanol–water partition coefficient (Wildman–Crippen LogP) is 2.95. The van der Waals surface area contributed by atoms with E-state index in [0.29, 0.717) is 11.3 Å². The number of aryl methyl sites for hydroxylation is 1. The van der Waals surface area contributed by atoms with Gasteiger partial charge in [-0.15, -0.1) is 0 Å². The number of hydrogen-bond acceptors (Lipinski definition) is 5. The maximum Gasteiger partial charge on any atom is 0.348 e. The quantitative estimate of drug-likeness (QED) is 0.473. The lowest BCUT2D eigenvalue weighted by Crippen LogP contribution is -2.41. The summed E-state index contributed by atoms with van der Waals surface area (Å²) < 4.78 is 24.6. The average Bonchev–Trinajstić information content (AvgIpc) is 2.98. The van der Waals surface area contributed by atoms with Gasteiger partial charge in [-0.1, -0.05) is 0 Å². The van der Waals surface area contributed by atoms with Crippen LogP contribution in [-0.4, -0.2) is 30.8 Å². The molecule has 6 heteroatoms. The first-order valence-corrected chi connectivity index (χ1v) is 8.00. The summed E-state index contributed by atoms with van der Waals surface area (Å²) in [5.41, 5.74) is 1.56. The highest BCUT2D eigenvalue weighted by Gasteiger charge is 2.39. The number of rotatable bonds is 2. The highest BCUT2D eigenvalue weighted by molar-refractivity contribution is 6.19. The average molecular weight is 333 g/mol. The lowest BCUT2D eigenvalue weighted by Gasteiger charge is -2.29. The van der Waals surface area contributed by atoms with Crippen LogP contribution in [0.15, 0.2) is 17.7 Å². The zero-order valence-corrected chi connectivity index (χ0v) is 14.0. The predicted molar refractivity (Wildman–Crippen MR) is 86.8 cm³/mol. The molecule has 0 atom stereocenters. The molecular formula is C18H20FNO4. The van der Waals surface area contributed by atoms with Gasteiger partial charge in [-0.05, 0) is 49.1 Å². The Morgan fingerprint density at radius 3 is 2.29 bits per heavy atom. The van der Waals surface area contributed by atoms with E-state index in [1.54, 1.807) is 6.07 Å². The molecule has 2 fully saturated rings. The van der Waals surface area contributed by atoms with Crippen molar-refractivity contribution < 1.29 is 23.5 Å². The number of hydrogen-bond donors (Lipinski definition) is 0. The SMILES string of the molecule is Cc1cc(N2CCCC2)c(F)cc1C=C1C(=O)OC(C)(C)OC1=O. The number of carbonyl (C=O) groups is 2. The third kappa shape index (κ3) is 3.13. The molecule has 2 saturated heterocycles. The van der Waals surface area contributed by atoms with Gasteiger partial charge < -0.3 is 14.4 Å². The van der Waals surface area contributed by atoms with Crippen molar-refractivity contribution in [2.45, 2.75) is 39.4 Å². The molecule has 2 aliphatic rings. The molecule has 2 aliphatic heterocycles. The Balaban J connectivity index is 1.94. The largest absolute Gasteiger partial charge is 0.419 e. The molecule has 3 rings (SSSR count). The van der Waals surface area contributed by atoms with Crippen LogP contribution in [0.5, 0.6) is 0 Å². The minimum Gasteiger partial charge on any atom is -0.419 e. The molecule has 0 N–H and O–H groups in total. The number of ether oxygens (including phenoxy) is 2. The Bertz CT molecular complexity index is 711. The van der Waals surface area contributed by atoms with Gasteiger partial charge in [-0.3, -0.25) is 0 Å². The van der Waals surface area contributed by atoms with Gasteiger partial charge in [0.25, 0.3) is 5.79 Å². The van der Waals surface area contributed by atoms with Crippen molar-refractivity contribution in [1.82, 2.24) is 0 Å². The molecule has 0 saturated carbocycles. The molecule has 0 aromatic heterocycles. The molecule has 1 aromatic carbocycles. The van der Waals surface area contributed by atoms with Crippen molar-refractivity contribution in [3.8, 4) is 0 Å². The second-order valence-corrected chi connectivity index (χ2v) is 6.59. The second-order valence-electron chi connectivity index (χ2n) is 6.59. The number of carbonyl (C=O) groups excluding carboxylic acids is 2. The summed E-state index contributed by atoms with van der Waals surface area (Å²) in [5, 5.41) is 0. The summed E-state index contributed by atoms with van der Waals surface area (Å²) >= 11 is 0. The Kier molecular flexibility index (Phi) is 4.07. The van der Waals surface area contributed by atoms with E-state index in [0.717, 1.165) is 31.5 Å². The molecule has 0 aliphatic carbocycles. The summed E-state index contributed by atoms with van der Waals surface area (Å²) in [6.07, 6.45) is 3.43. The van der Waals surface area contributed by atoms with Crippen molar-refractivity contribution in [3.63, 3.8) is 0 Å². The monoisotopic (exact) mass is 333 g/mol. The molecule has 0 amide bonds. The highest BCUT2D eigenvalue weighted by Crippen LogP contribution is 2.29. The van der Waals surface area contributed by atoms with E-state index in [-0.39, 0.29) is 11.4 Å². The number of nitrogens with zero attached hydrogens (tertiary/aromatic N) is 1. The van der Waals surface area contributed by atoms with E-state index in [1.807, 2.05) is 11.8 Å². The first-order chi connectivity index (χ1) is 11.3. The van der Waals surface area contributed by atoms with Crippen molar-refractivity contribution >= 4 is 23.7 Å². The van der Waals surface area contributed by atoms with E-state index in [2.05, 4.69) is 0 Å². The molecule has 1 aromatic rings. The fourth-order valence-electron chi connectivity index (χ4n) is 2.97. The molecule has 128 valence electrons. The van der Waals surface area contributed by atoms with Gasteiger partial charge in [0.15, 0.2) is 0 Å². The zero-order valence-electron chi connectivity index (χ0n) is 14.0. The van der Waals surface area contributed by atoms with Crippen LogP contribution in [0.1, 0.15) is 37.8 Å². The molecular weight excluding hydrogens is 313 g/mol. The number of benzene rings is 1. The van der Waals surface area contributed by atoms with Crippen LogP contribution in [-0.2, 0) is 19.1 Å². The van der Waals surface area contributed by atoms with Gasteiger partial charge >= 0.3 is 11.9 Å². The summed E-state index contributed by atoms with van der Waals surface area (Å²) in [7, 11) is 0. The molecule has 24 heavy (non-hydrogen) atoms. The van der Waals surface area contributed by atoms with Gasteiger partial charge in [-0.2, -0.15) is 0 Å². The van der Waals surface area contributed by atoms with Crippen LogP contribution < -0.4 is 4.90 Å². The summed E-state index contributed by atoms with van der Waals surface area (Å²) in [4.78, 5) is 26.0. The lowest BCUT2D eigenvalue weighted by molar-refractivity contribution is -0.222. The van der Waals surface area contributed by atoms with Crippen LogP contribution in [0.3, 0.4) is 0 Å². The van der Waals surface area contributed by atoms with Gasteiger partial charge in [0.1, 0.15) is 11.4 Å². The van der Waals surface area contributed by atoms with E-state index in [4.69, 9.17) is 9.47 Å². The van der Waals surface area contributed by atoms with Crippen molar-refractivity contribution in [2.24, 2.45) is 0 Å². The standard InChI is InChI=1S/C18H20FNO4/c1-11-8-15(20-6-4-5-7-20)14(19)10-12(11)9-13-16(21)23-18(2,3)24-17(13)22/h8-10H,4-7H2,1-3H3. The van der Waals surface area contributed by atoms with Crippen molar-refractivity contribution in [1.29, 1.82) is 0 Å². The van der Waals surface area contributed by atoms with Crippen LogP contribution in [0.25, 0.3) is 6.08 Å². The van der Waals surface area contributed by atoms with Crippen LogP contribution in [0.2, 0.25) is 0 Å². The smallest absolute Gasteiger partial charge is 0.348 e. The van der Waals surface area contributed by atoms with Crippen molar-refractivity contribution in [2.75, 3.05) is 18.0 Å². The Labute approximate surface area is 140 Å². The maximum atomic E-state index is 14.5. The Hall–Kier alpha value is -2.37. The fraction of sp³-hybridized carbons (Fsp3) is 0.444. The summed E-state index contributed by atoms with van der Waals surface area (Å²) in [5.74, 6) is -3.18. The van der Waals surface area contributed by atoms with Crippen LogP contribution in [0, 0.1) is 12.7 Å². The van der Waals surface area contributed by atoms with Gasteiger partial charge in [0.05, 0.1) is 5.69 Å². The normalized spacial score (nSPS) is 20.0. The molecule has 0 radical (unpaired) electrons. The summed E-state index contributed by atoms with van der Waals surface area (Å²) in [6.45, 7) is 6.45. The molecule has 0 spiro atoms. The van der Waals surface area contributed by atoms with E-state index in [9.17, 15) is 14.0 Å². The first kappa shape index (κ1) is 16.5. The Morgan fingerprint density at radius 2 is 1.71 bits per heavy atom. The number of anilines is 1. The summed E-state index contributed by atoms with van der Waals surface area (Å²) in [6, 6.07) is 3.09. The minimum absolute atomic E-state index is 0.231. The third-order valence-corrected chi connectivity index (χ3v) is 4.20. The molecule has 0 unspecified atom stereocenters. The molecule has 0 bridgehead atoms. The fourth-order valence-corrected chi connectivity index (χ4v) is 2.97. The minimum atomic E-state index is -1.29. The number of cyclic esters (lactones) is 2.